The Morgan fingerprint density at radius 3 is 2.42 bits per heavy atom. The summed E-state index contributed by atoms with van der Waals surface area (Å²) in [5.41, 5.74) is 1.81. The summed E-state index contributed by atoms with van der Waals surface area (Å²) in [6.07, 6.45) is -4.49. The van der Waals surface area contributed by atoms with E-state index in [9.17, 15) is 34.7 Å². The van der Waals surface area contributed by atoms with Crippen molar-refractivity contribution in [1.29, 1.82) is 5.26 Å². The van der Waals surface area contributed by atoms with Gasteiger partial charge >= 0.3 is 15.0 Å². The van der Waals surface area contributed by atoms with Gasteiger partial charge in [0.1, 0.15) is 30.7 Å². The van der Waals surface area contributed by atoms with Gasteiger partial charge in [0, 0.05) is 41.1 Å². The lowest BCUT2D eigenvalue weighted by Crippen LogP contribution is -2.50. The van der Waals surface area contributed by atoms with E-state index >= 15 is 4.39 Å². The number of nitro groups is 1. The maximum Gasteiger partial charge on any atom is 0.695 e. The number of nitriles is 1. The number of non-ortho nitro benzene ring substituents is 1. The number of rotatable bonds is 22. The molecular formula is C46H52FN12O14P2SSi+. The number of nitrogens with zero attached hydrogens (tertiary/aromatic N) is 11. The van der Waals surface area contributed by atoms with Crippen LogP contribution in [0.1, 0.15) is 55.6 Å². The lowest BCUT2D eigenvalue weighted by Gasteiger charge is -2.41. The fourth-order valence-corrected chi connectivity index (χ4v) is 12.3. The Morgan fingerprint density at radius 1 is 0.987 bits per heavy atom. The van der Waals surface area contributed by atoms with Gasteiger partial charge in [-0.05, 0) is 47.6 Å². The van der Waals surface area contributed by atoms with Gasteiger partial charge in [-0.3, -0.25) is 33.0 Å². The molecule has 7 aromatic rings. The molecule has 9 rings (SSSR count). The van der Waals surface area contributed by atoms with E-state index in [1.807, 2.05) is 39.9 Å². The van der Waals surface area contributed by atoms with Crippen LogP contribution in [0.15, 0.2) is 86.0 Å². The van der Waals surface area contributed by atoms with Gasteiger partial charge in [-0.25, -0.2) is 29.3 Å². The number of halogens is 1. The smallest absolute Gasteiger partial charge is 0.476 e. The molecule has 0 saturated carbocycles. The molecule has 77 heavy (non-hydrogen) atoms. The first-order valence-corrected chi connectivity index (χ1v) is 30.5. The first-order chi connectivity index (χ1) is 36.8. The van der Waals surface area contributed by atoms with Crippen molar-refractivity contribution in [3.63, 3.8) is 0 Å². The highest BCUT2D eigenvalue weighted by atomic mass is 32.5. The molecule has 3 N–H and O–H groups in total. The van der Waals surface area contributed by atoms with Crippen LogP contribution in [0, 0.1) is 21.4 Å². The molecule has 2 aliphatic heterocycles. The van der Waals surface area contributed by atoms with Crippen molar-refractivity contribution in [3.8, 4) is 11.9 Å². The Kier molecular flexibility index (Phi) is 16.6. The van der Waals surface area contributed by atoms with E-state index in [2.05, 4.69) is 30.2 Å². The summed E-state index contributed by atoms with van der Waals surface area (Å²) in [6, 6.07) is 16.4. The highest BCUT2D eigenvalue weighted by molar-refractivity contribution is 8.07. The van der Waals surface area contributed by atoms with E-state index in [1.165, 1.54) is 35.6 Å². The van der Waals surface area contributed by atoms with E-state index in [4.69, 9.17) is 53.5 Å². The molecule has 31 heteroatoms. The van der Waals surface area contributed by atoms with Crippen LogP contribution >= 0.6 is 15.0 Å². The number of hydrogen-bond acceptors (Lipinski definition) is 21. The molecule has 5 aromatic heterocycles. The standard InChI is InChI=1S/C46H51FN12O14P2SSi/c1-46(2,3)77(4,5)73-36-30(22-60)69-44(58-26-53-34-41(55-45-49-18-19-56(45)42(34)58)66-21-16-27-12-14-29(15-13-27)59(62)63)37(36)72-75(76,67-20-9-17-48)68-23-31-35(71-74(64)65)32(47)43(70-31)57-25-52-33-38(50-24-51-39(33)57)54-40(61)28-10-7-6-8-11-28/h6-8,10-15,18-19,24-26,30-32,35-37,43-44,60H,9,16,20-23H2,1-5H3,(H-,50,51,54,61,64,65)/p+1/t30-,31-,32-,35-,36-,37-,43-,44-,75?/m1/s1. The van der Waals surface area contributed by atoms with Crippen molar-refractivity contribution in [2.45, 2.75) is 101 Å². The maximum atomic E-state index is 16.8. The minimum absolute atomic E-state index is 0.0170. The van der Waals surface area contributed by atoms with Gasteiger partial charge in [0.25, 0.3) is 11.6 Å². The minimum Gasteiger partial charge on any atom is -0.476 e. The van der Waals surface area contributed by atoms with Crippen LogP contribution in [0.25, 0.3) is 28.1 Å². The largest absolute Gasteiger partial charge is 0.695 e. The molecule has 2 unspecified atom stereocenters. The number of carbonyl (C=O) groups is 1. The Balaban J connectivity index is 1.03. The van der Waals surface area contributed by atoms with Gasteiger partial charge in [0.15, 0.2) is 61.2 Å². The topological polar surface area (TPSA) is 319 Å². The lowest BCUT2D eigenvalue weighted by atomic mass is 10.1. The number of benzene rings is 2. The second kappa shape index (κ2) is 23.0. The highest BCUT2D eigenvalue weighted by Gasteiger charge is 2.55. The molecule has 2 fully saturated rings. The normalized spacial score (nSPS) is 22.8. The number of aliphatic hydroxyl groups excluding tert-OH is 1. The maximum absolute atomic E-state index is 16.8. The Bertz CT molecular complexity index is 3380. The number of nitro benzene ring substituents is 1. The van der Waals surface area contributed by atoms with Gasteiger partial charge in [-0.15, -0.1) is 9.42 Å². The van der Waals surface area contributed by atoms with Gasteiger partial charge in [0.05, 0.1) is 56.5 Å². The molecule has 2 aromatic carbocycles. The number of nitrogens with one attached hydrogen (secondary N) is 1. The molecular weight excluding hydrogens is 1090 g/mol. The SMILES string of the molecule is CC(C)(C)[Si](C)(C)O[C@H]1[C@@H](OP(=S)(OCCC#N)OC[C@H]2O[C@@H](n3cnc4c(NC(=O)c5ccccc5)ncnc43)[C@H](F)[C@@H]2O[P+](=O)O)[C@H](n2cnc3c(OCCc4ccc([N+](=O)[O-])cc4)nc4nccn4c32)O[C@@H]1CO. The Morgan fingerprint density at radius 2 is 1.71 bits per heavy atom. The van der Waals surface area contributed by atoms with Crippen LogP contribution in [0.4, 0.5) is 15.9 Å². The quantitative estimate of drug-likeness (QED) is 0.0206. The summed E-state index contributed by atoms with van der Waals surface area (Å²) in [7, 11) is -6.20. The zero-order valence-electron chi connectivity index (χ0n) is 41.8. The third-order valence-corrected chi connectivity index (χ3v) is 20.5. The van der Waals surface area contributed by atoms with E-state index in [-0.39, 0.29) is 64.5 Å². The first-order valence-electron chi connectivity index (χ1n) is 23.9. The zero-order valence-corrected chi connectivity index (χ0v) is 45.4. The van der Waals surface area contributed by atoms with Crippen molar-refractivity contribution in [2.24, 2.45) is 0 Å². The predicted molar refractivity (Wildman–Crippen MR) is 276 cm³/mol. The molecule has 2 aliphatic rings. The van der Waals surface area contributed by atoms with Crippen LogP contribution in [-0.4, -0.2) is 136 Å². The molecule has 0 radical (unpaired) electrons. The van der Waals surface area contributed by atoms with Crippen LogP contribution in [0.2, 0.25) is 18.1 Å². The van der Waals surface area contributed by atoms with Crippen molar-refractivity contribution in [1.82, 2.24) is 43.4 Å². The van der Waals surface area contributed by atoms with Crippen LogP contribution in [-0.2, 0) is 54.8 Å². The second-order valence-electron chi connectivity index (χ2n) is 19.2. The summed E-state index contributed by atoms with van der Waals surface area (Å²) in [6.45, 7) is 4.44. The highest BCUT2D eigenvalue weighted by Crippen LogP contribution is 2.56. The lowest BCUT2D eigenvalue weighted by molar-refractivity contribution is -0.384. The summed E-state index contributed by atoms with van der Waals surface area (Å²) >= 11 is 6.12. The monoisotopic (exact) mass is 1140 g/mol. The number of hydrogen-bond donors (Lipinski definition) is 3. The summed E-state index contributed by atoms with van der Waals surface area (Å²) < 4.78 is 84.1. The van der Waals surface area contributed by atoms with E-state index < -0.39 is 96.5 Å². The number of fused-ring (bicyclic) bond motifs is 4. The van der Waals surface area contributed by atoms with Crippen molar-refractivity contribution in [3.05, 3.63) is 107 Å². The van der Waals surface area contributed by atoms with Crippen molar-refractivity contribution < 1.29 is 65.4 Å². The third kappa shape index (κ3) is 11.8. The fraction of sp³-hybridized carbons (Fsp3) is 0.435. The average Bonchev–Trinajstić information content (AvgIpc) is 4.30. The summed E-state index contributed by atoms with van der Waals surface area (Å²) in [5.74, 6) is -0.156. The zero-order chi connectivity index (χ0) is 54.8. The minimum atomic E-state index is -4.22. The number of aliphatic hydroxyl groups is 1. The number of carbonyl (C=O) groups excluding carboxylic acids is 1. The van der Waals surface area contributed by atoms with Crippen molar-refractivity contribution in [2.75, 3.05) is 31.7 Å². The van der Waals surface area contributed by atoms with Crippen LogP contribution in [0.3, 0.4) is 0 Å². The third-order valence-electron chi connectivity index (χ3n) is 13.3. The molecule has 406 valence electrons. The van der Waals surface area contributed by atoms with E-state index in [0.717, 1.165) is 11.9 Å². The van der Waals surface area contributed by atoms with E-state index in [0.29, 0.717) is 17.6 Å². The van der Waals surface area contributed by atoms with E-state index in [1.54, 1.807) is 57.6 Å². The average molecular weight is 1140 g/mol. The number of alkyl halides is 1. The first kappa shape index (κ1) is 55.5. The van der Waals surface area contributed by atoms with Gasteiger partial charge in [-0.2, -0.15) is 10.2 Å². The fourth-order valence-electron chi connectivity index (χ4n) is 8.41. The van der Waals surface area contributed by atoms with Crippen LogP contribution < -0.4 is 10.1 Å². The molecule has 7 heterocycles. The molecule has 0 aliphatic carbocycles. The Labute approximate surface area is 444 Å². The molecule has 10 atom stereocenters. The molecule has 2 saturated heterocycles. The molecule has 1 amide bonds. The number of aromatic nitrogens is 9. The van der Waals surface area contributed by atoms with Gasteiger partial charge in [0.2, 0.25) is 11.7 Å². The Hall–Kier alpha value is -6.22. The van der Waals surface area contributed by atoms with Gasteiger partial charge in [-0.1, -0.05) is 51.1 Å². The summed E-state index contributed by atoms with van der Waals surface area (Å²) in [5, 5.41) is 34.1. The number of amides is 1. The number of imidazole rings is 3. The van der Waals surface area contributed by atoms with Crippen molar-refractivity contribution >= 4 is 80.6 Å². The van der Waals surface area contributed by atoms with Crippen LogP contribution in [0.5, 0.6) is 5.88 Å². The number of ether oxygens (including phenoxy) is 3. The summed E-state index contributed by atoms with van der Waals surface area (Å²) in [4.78, 5) is 60.3. The molecule has 0 spiro atoms. The number of anilines is 1. The predicted octanol–water partition coefficient (Wildman–Crippen LogP) is 6.81. The molecule has 26 nitrogen and oxygen atoms in total. The van der Waals surface area contributed by atoms with Gasteiger partial charge < -0.3 is 38.1 Å². The molecule has 0 bridgehead atoms. The second-order valence-corrected chi connectivity index (χ2v) is 27.6.